The van der Waals surface area contributed by atoms with Crippen LogP contribution in [0.2, 0.25) is 0 Å². The van der Waals surface area contributed by atoms with Gasteiger partial charge in [-0.2, -0.15) is 0 Å². The van der Waals surface area contributed by atoms with E-state index in [1.165, 1.54) is 5.56 Å². The third-order valence-electron chi connectivity index (χ3n) is 5.34. The summed E-state index contributed by atoms with van der Waals surface area (Å²) in [5, 5.41) is 12.4. The third-order valence-corrected chi connectivity index (χ3v) is 5.34. The normalized spacial score (nSPS) is 28.7. The molecule has 0 aromatic heterocycles. The minimum Gasteiger partial charge on any atom is -0.479 e. The monoisotopic (exact) mass is 331 g/mol. The van der Waals surface area contributed by atoms with Crippen molar-refractivity contribution in [2.24, 2.45) is 5.92 Å². The highest BCUT2D eigenvalue weighted by Gasteiger charge is 2.44. The topological polar surface area (TPSA) is 75.6 Å². The van der Waals surface area contributed by atoms with Crippen molar-refractivity contribution in [3.63, 3.8) is 0 Å². The molecule has 3 atom stereocenters. The van der Waals surface area contributed by atoms with E-state index < -0.39 is 18.2 Å². The molecule has 1 saturated heterocycles. The molecule has 0 spiro atoms. The fraction of sp³-hybridized carbons (Fsp3) is 0.579. The molecule has 1 aromatic carbocycles. The summed E-state index contributed by atoms with van der Waals surface area (Å²) in [5.41, 5.74) is 1.95. The molecule has 130 valence electrons. The van der Waals surface area contributed by atoms with Crippen LogP contribution < -0.4 is 5.32 Å². The number of ether oxygens (including phenoxy) is 1. The molecule has 1 heterocycles. The van der Waals surface area contributed by atoms with Gasteiger partial charge in [0.15, 0.2) is 6.10 Å². The number of carbonyl (C=O) groups excluding carboxylic acids is 1. The van der Waals surface area contributed by atoms with Gasteiger partial charge in [-0.25, -0.2) is 4.79 Å². The van der Waals surface area contributed by atoms with Crippen molar-refractivity contribution >= 4 is 11.9 Å². The molecule has 24 heavy (non-hydrogen) atoms. The Kier molecular flexibility index (Phi) is 4.63. The van der Waals surface area contributed by atoms with Gasteiger partial charge in [-0.15, -0.1) is 0 Å². The van der Waals surface area contributed by atoms with Crippen LogP contribution in [0.15, 0.2) is 24.3 Å². The molecule has 2 fully saturated rings. The Hall–Kier alpha value is -1.88. The first-order chi connectivity index (χ1) is 11.4. The number of aliphatic carboxylic acids is 1. The first-order valence-electron chi connectivity index (χ1n) is 8.69. The molecule has 2 N–H and O–H groups in total. The Balaban J connectivity index is 1.77. The average Bonchev–Trinajstić information content (AvgIpc) is 3.15. The number of carboxylic acid groups (broad SMARTS) is 1. The number of carbonyl (C=O) groups is 2. The summed E-state index contributed by atoms with van der Waals surface area (Å²) in [4.78, 5) is 23.9. The van der Waals surface area contributed by atoms with E-state index in [9.17, 15) is 9.59 Å². The van der Waals surface area contributed by atoms with Crippen molar-refractivity contribution in [2.75, 3.05) is 0 Å². The molecule has 3 rings (SSSR count). The van der Waals surface area contributed by atoms with Gasteiger partial charge in [-0.05, 0) is 37.7 Å². The lowest BCUT2D eigenvalue weighted by atomic mass is 9.87. The van der Waals surface area contributed by atoms with Crippen LogP contribution in [0, 0.1) is 12.8 Å². The molecule has 1 aliphatic heterocycles. The van der Waals surface area contributed by atoms with Crippen LogP contribution in [0.4, 0.5) is 0 Å². The maximum absolute atomic E-state index is 12.7. The molecule has 1 saturated carbocycles. The summed E-state index contributed by atoms with van der Waals surface area (Å²) in [6, 6.07) is 8.26. The number of hydrogen-bond donors (Lipinski definition) is 2. The Labute approximate surface area is 142 Å². The lowest BCUT2D eigenvalue weighted by Crippen LogP contribution is -2.48. The smallest absolute Gasteiger partial charge is 0.333 e. The summed E-state index contributed by atoms with van der Waals surface area (Å²) in [6.45, 7) is 3.87. The van der Waals surface area contributed by atoms with Crippen molar-refractivity contribution < 1.29 is 19.4 Å². The molecular weight excluding hydrogens is 306 g/mol. The summed E-state index contributed by atoms with van der Waals surface area (Å²) < 4.78 is 5.50. The van der Waals surface area contributed by atoms with Gasteiger partial charge in [0, 0.05) is 0 Å². The fourth-order valence-electron chi connectivity index (χ4n) is 4.02. The van der Waals surface area contributed by atoms with Crippen molar-refractivity contribution in [3.05, 3.63) is 35.4 Å². The average molecular weight is 331 g/mol. The Morgan fingerprint density at radius 1 is 1.29 bits per heavy atom. The molecular formula is C19H25NO4. The van der Waals surface area contributed by atoms with Crippen molar-refractivity contribution in [2.45, 2.75) is 63.7 Å². The van der Waals surface area contributed by atoms with Gasteiger partial charge < -0.3 is 15.2 Å². The van der Waals surface area contributed by atoms with Crippen LogP contribution in [-0.4, -0.2) is 29.2 Å². The first kappa shape index (κ1) is 17.0. The van der Waals surface area contributed by atoms with E-state index >= 15 is 0 Å². The number of carboxylic acids is 1. The van der Waals surface area contributed by atoms with Crippen LogP contribution in [0.1, 0.15) is 50.2 Å². The SMILES string of the molecule is Cc1cccc(C2(NC(=O)[C@H]3C[C@@H](C)[C@H](C(=O)O)O3)CCCC2)c1. The minimum absolute atomic E-state index is 0.156. The zero-order valence-electron chi connectivity index (χ0n) is 14.2. The Morgan fingerprint density at radius 2 is 2.00 bits per heavy atom. The number of nitrogens with one attached hydrogen (secondary N) is 1. The molecule has 1 amide bonds. The third kappa shape index (κ3) is 3.18. The van der Waals surface area contributed by atoms with Gasteiger partial charge in [-0.3, -0.25) is 4.79 Å². The number of amides is 1. The highest BCUT2D eigenvalue weighted by atomic mass is 16.5. The predicted octanol–water partition coefficient (Wildman–Crippen LogP) is 2.76. The van der Waals surface area contributed by atoms with E-state index in [1.54, 1.807) is 0 Å². The number of aryl methyl sites for hydroxylation is 1. The second-order valence-electron chi connectivity index (χ2n) is 7.24. The standard InChI is InChI=1S/C19H25NO4/c1-12-6-5-7-14(10-12)19(8-3-4-9-19)20-17(21)15-11-13(2)16(24-15)18(22)23/h5-7,10,13,15-16H,3-4,8-9,11H2,1-2H3,(H,20,21)(H,22,23)/t13-,15-,16-/m1/s1. The Bertz CT molecular complexity index is 636. The van der Waals surface area contributed by atoms with E-state index in [4.69, 9.17) is 9.84 Å². The zero-order chi connectivity index (χ0) is 17.3. The molecule has 5 nitrogen and oxygen atoms in total. The summed E-state index contributed by atoms with van der Waals surface area (Å²) in [6.07, 6.45) is 2.86. The van der Waals surface area contributed by atoms with E-state index in [-0.39, 0.29) is 17.4 Å². The molecule has 1 aromatic rings. The number of benzene rings is 1. The van der Waals surface area contributed by atoms with Gasteiger partial charge in [0.25, 0.3) is 0 Å². The van der Waals surface area contributed by atoms with E-state index in [2.05, 4.69) is 17.4 Å². The molecule has 5 heteroatoms. The highest BCUT2D eigenvalue weighted by molar-refractivity contribution is 5.83. The van der Waals surface area contributed by atoms with Gasteiger partial charge in [0.1, 0.15) is 6.10 Å². The van der Waals surface area contributed by atoms with Gasteiger partial charge in [-0.1, -0.05) is 49.6 Å². The number of rotatable bonds is 4. The minimum atomic E-state index is -0.993. The predicted molar refractivity (Wildman–Crippen MR) is 89.5 cm³/mol. The summed E-state index contributed by atoms with van der Waals surface area (Å²) in [5.74, 6) is -1.34. The largest absolute Gasteiger partial charge is 0.479 e. The highest BCUT2D eigenvalue weighted by Crippen LogP contribution is 2.39. The van der Waals surface area contributed by atoms with Gasteiger partial charge >= 0.3 is 5.97 Å². The van der Waals surface area contributed by atoms with Crippen molar-refractivity contribution in [3.8, 4) is 0 Å². The van der Waals surface area contributed by atoms with Crippen LogP contribution in [0.25, 0.3) is 0 Å². The second-order valence-corrected chi connectivity index (χ2v) is 7.24. The van der Waals surface area contributed by atoms with Crippen molar-refractivity contribution in [1.29, 1.82) is 0 Å². The van der Waals surface area contributed by atoms with Crippen LogP contribution in [-0.2, 0) is 19.9 Å². The second kappa shape index (κ2) is 6.55. The first-order valence-corrected chi connectivity index (χ1v) is 8.69. The Morgan fingerprint density at radius 3 is 2.58 bits per heavy atom. The lowest BCUT2D eigenvalue weighted by molar-refractivity contribution is -0.153. The fourth-order valence-corrected chi connectivity index (χ4v) is 4.02. The molecule has 2 aliphatic rings. The zero-order valence-corrected chi connectivity index (χ0v) is 14.2. The summed E-state index contributed by atoms with van der Waals surface area (Å²) in [7, 11) is 0. The molecule has 0 radical (unpaired) electrons. The quantitative estimate of drug-likeness (QED) is 0.889. The van der Waals surface area contributed by atoms with Crippen LogP contribution in [0.3, 0.4) is 0 Å². The lowest BCUT2D eigenvalue weighted by Gasteiger charge is -2.32. The van der Waals surface area contributed by atoms with E-state index in [1.807, 2.05) is 26.0 Å². The molecule has 1 aliphatic carbocycles. The number of hydrogen-bond acceptors (Lipinski definition) is 3. The molecule has 0 unspecified atom stereocenters. The van der Waals surface area contributed by atoms with E-state index in [0.717, 1.165) is 31.2 Å². The van der Waals surface area contributed by atoms with Gasteiger partial charge in [0.05, 0.1) is 5.54 Å². The maximum atomic E-state index is 12.7. The van der Waals surface area contributed by atoms with Crippen molar-refractivity contribution in [1.82, 2.24) is 5.32 Å². The van der Waals surface area contributed by atoms with Crippen LogP contribution >= 0.6 is 0 Å². The molecule has 0 bridgehead atoms. The van der Waals surface area contributed by atoms with E-state index in [0.29, 0.717) is 6.42 Å². The van der Waals surface area contributed by atoms with Crippen LogP contribution in [0.5, 0.6) is 0 Å². The van der Waals surface area contributed by atoms with Gasteiger partial charge in [0.2, 0.25) is 5.91 Å². The maximum Gasteiger partial charge on any atom is 0.333 e. The summed E-state index contributed by atoms with van der Waals surface area (Å²) >= 11 is 0.